The smallest absolute Gasteiger partial charge is 0.319 e. The van der Waals surface area contributed by atoms with E-state index in [1.807, 2.05) is 50.2 Å². The van der Waals surface area contributed by atoms with Gasteiger partial charge in [0.2, 0.25) is 0 Å². The van der Waals surface area contributed by atoms with Crippen molar-refractivity contribution < 1.29 is 9.13 Å². The Kier molecular flexibility index (Phi) is 9.25. The predicted molar refractivity (Wildman–Crippen MR) is 168 cm³/mol. The lowest BCUT2D eigenvalue weighted by Gasteiger charge is -2.34. The number of ether oxygens (including phenoxy) is 1. The Morgan fingerprint density at radius 2 is 1.76 bits per heavy atom. The molecule has 2 saturated heterocycles. The van der Waals surface area contributed by atoms with Crippen LogP contribution in [0.5, 0.6) is 6.01 Å². The van der Waals surface area contributed by atoms with E-state index in [4.69, 9.17) is 21.3 Å². The molecule has 0 radical (unpaired) electrons. The van der Waals surface area contributed by atoms with Crippen molar-refractivity contribution >= 4 is 39.1 Å². The number of aromatic nitrogens is 3. The lowest BCUT2D eigenvalue weighted by molar-refractivity contribution is 0.164. The molecule has 2 bridgehead atoms. The monoisotopic (exact) mass is 577 g/mol. The normalized spacial score (nSPS) is 19.0. The van der Waals surface area contributed by atoms with Crippen molar-refractivity contribution in [2.45, 2.75) is 84.9 Å². The number of halogens is 2. The number of benzene rings is 2. The van der Waals surface area contributed by atoms with Gasteiger partial charge in [-0.1, -0.05) is 76.6 Å². The van der Waals surface area contributed by atoms with Gasteiger partial charge in [0.1, 0.15) is 23.1 Å². The summed E-state index contributed by atoms with van der Waals surface area (Å²) in [4.78, 5) is 16.4. The zero-order valence-corrected chi connectivity index (χ0v) is 25.5. The van der Waals surface area contributed by atoms with Crippen molar-refractivity contribution in [1.82, 2.24) is 20.3 Å². The number of nitrogens with zero attached hydrogens (tertiary/aromatic N) is 4. The number of hydrogen-bond acceptors (Lipinski definition) is 6. The topological polar surface area (TPSA) is 63.2 Å². The van der Waals surface area contributed by atoms with Crippen LogP contribution in [0.25, 0.3) is 32.9 Å². The number of piperazine rings is 1. The fourth-order valence-electron chi connectivity index (χ4n) is 5.98. The van der Waals surface area contributed by atoms with Crippen LogP contribution in [0.2, 0.25) is 5.02 Å². The Labute approximate surface area is 247 Å². The average molecular weight is 578 g/mol. The second-order valence-electron chi connectivity index (χ2n) is 11.3. The van der Waals surface area contributed by atoms with Crippen molar-refractivity contribution in [2.75, 3.05) is 18.0 Å². The Balaban J connectivity index is 0.00000165. The summed E-state index contributed by atoms with van der Waals surface area (Å²) in [5, 5.41) is 6.54. The summed E-state index contributed by atoms with van der Waals surface area (Å²) in [7, 11) is 0. The van der Waals surface area contributed by atoms with Crippen molar-refractivity contribution in [3.63, 3.8) is 0 Å². The van der Waals surface area contributed by atoms with Crippen LogP contribution in [0.4, 0.5) is 10.2 Å². The second kappa shape index (κ2) is 12.9. The zero-order chi connectivity index (χ0) is 29.1. The maximum Gasteiger partial charge on any atom is 0.319 e. The van der Waals surface area contributed by atoms with Gasteiger partial charge >= 0.3 is 6.01 Å². The molecular weight excluding hydrogens is 537 g/mol. The summed E-state index contributed by atoms with van der Waals surface area (Å²) in [6.07, 6.45) is 6.74. The van der Waals surface area contributed by atoms with E-state index in [2.05, 4.69) is 41.0 Å². The molecule has 8 heteroatoms. The summed E-state index contributed by atoms with van der Waals surface area (Å²) < 4.78 is 22.8. The Morgan fingerprint density at radius 3 is 2.44 bits per heavy atom. The van der Waals surface area contributed by atoms with Gasteiger partial charge in [0.15, 0.2) is 5.82 Å². The molecule has 0 saturated carbocycles. The maximum atomic E-state index is 16.5. The van der Waals surface area contributed by atoms with E-state index in [1.165, 1.54) is 0 Å². The van der Waals surface area contributed by atoms with Crippen molar-refractivity contribution in [3.8, 4) is 17.3 Å². The lowest BCUT2D eigenvalue weighted by atomic mass is 10.0. The van der Waals surface area contributed by atoms with Crippen LogP contribution in [0.15, 0.2) is 42.6 Å². The van der Waals surface area contributed by atoms with Gasteiger partial charge in [0.05, 0.1) is 5.39 Å². The Hall–Kier alpha value is -3.03. The summed E-state index contributed by atoms with van der Waals surface area (Å²) in [5.41, 5.74) is 1.10. The van der Waals surface area contributed by atoms with Crippen LogP contribution in [-0.4, -0.2) is 46.2 Å². The molecule has 0 spiro atoms. The Bertz CT molecular complexity index is 1500. The third kappa shape index (κ3) is 6.12. The van der Waals surface area contributed by atoms with E-state index in [9.17, 15) is 0 Å². The average Bonchev–Trinajstić information content (AvgIpc) is 3.33. The maximum absolute atomic E-state index is 16.5. The molecule has 2 aromatic carbocycles. The first-order valence-electron chi connectivity index (χ1n) is 15.1. The summed E-state index contributed by atoms with van der Waals surface area (Å²) >= 11 is 6.58. The van der Waals surface area contributed by atoms with Crippen LogP contribution < -0.4 is 15.0 Å². The Morgan fingerprint density at radius 1 is 1.05 bits per heavy atom. The number of hydrogen-bond donors (Lipinski definition) is 1. The van der Waals surface area contributed by atoms with Crippen LogP contribution in [0.1, 0.15) is 66.7 Å². The first-order chi connectivity index (χ1) is 19.9. The van der Waals surface area contributed by atoms with Gasteiger partial charge in [-0.05, 0) is 49.5 Å². The summed E-state index contributed by atoms with van der Waals surface area (Å²) in [6.45, 7) is 12.1. The standard InChI is InChI=1S/C31H35ClFN5O.C2H6/c1-4-22(14-11-18(2)3)39-31-36-29-24(30(37-31)38-16-20-12-13-21(17-38)35-20)15-34-28(27(29)33)23-9-5-7-19-8-6-10-25(32)26(19)23;1-2/h5-10,15,18,20-22,35H,4,11-14,16-17H2,1-3H3;1-2H3. The number of fused-ring (bicyclic) bond motifs is 4. The SMILES string of the molecule is CC.CCC(CCC(C)C)Oc1nc(N2CC3CCC(C2)N3)c2cnc(-c3cccc4cccc(Cl)c34)c(F)c2n1. The van der Waals surface area contributed by atoms with E-state index < -0.39 is 5.82 Å². The molecule has 2 aromatic heterocycles. The van der Waals surface area contributed by atoms with Crippen molar-refractivity contribution in [3.05, 3.63) is 53.4 Å². The quantitative estimate of drug-likeness (QED) is 0.228. The highest BCUT2D eigenvalue weighted by Crippen LogP contribution is 2.38. The van der Waals surface area contributed by atoms with Crippen molar-refractivity contribution in [2.24, 2.45) is 5.92 Å². The van der Waals surface area contributed by atoms with Crippen LogP contribution in [-0.2, 0) is 0 Å². The predicted octanol–water partition coefficient (Wildman–Crippen LogP) is 8.20. The van der Waals surface area contributed by atoms with Crippen molar-refractivity contribution in [1.29, 1.82) is 0 Å². The molecule has 4 aromatic rings. The largest absolute Gasteiger partial charge is 0.460 e. The highest BCUT2D eigenvalue weighted by Gasteiger charge is 2.34. The van der Waals surface area contributed by atoms with E-state index >= 15 is 4.39 Å². The van der Waals surface area contributed by atoms with Crippen LogP contribution in [0, 0.1) is 11.7 Å². The number of anilines is 1. The minimum Gasteiger partial charge on any atom is -0.460 e. The number of pyridine rings is 1. The first kappa shape index (κ1) is 29.5. The van der Waals surface area contributed by atoms with Crippen LogP contribution in [0.3, 0.4) is 0 Å². The second-order valence-corrected chi connectivity index (χ2v) is 11.7. The van der Waals surface area contributed by atoms with Gasteiger partial charge in [-0.2, -0.15) is 9.97 Å². The van der Waals surface area contributed by atoms with Crippen LogP contribution >= 0.6 is 11.6 Å². The molecule has 4 heterocycles. The third-order valence-electron chi connectivity index (χ3n) is 8.06. The molecule has 41 heavy (non-hydrogen) atoms. The van der Waals surface area contributed by atoms with E-state index in [0.29, 0.717) is 39.8 Å². The summed E-state index contributed by atoms with van der Waals surface area (Å²) in [6, 6.07) is 12.4. The zero-order valence-electron chi connectivity index (χ0n) is 24.8. The molecule has 3 atom stereocenters. The molecule has 6 rings (SSSR count). The van der Waals surface area contributed by atoms with E-state index in [-0.39, 0.29) is 23.3 Å². The van der Waals surface area contributed by atoms with Gasteiger partial charge in [0, 0.05) is 47.3 Å². The van der Waals surface area contributed by atoms with Gasteiger partial charge in [-0.3, -0.25) is 4.98 Å². The molecule has 2 aliphatic heterocycles. The fourth-order valence-corrected chi connectivity index (χ4v) is 6.26. The van der Waals surface area contributed by atoms with Gasteiger partial charge < -0.3 is 15.0 Å². The van der Waals surface area contributed by atoms with Gasteiger partial charge in [-0.25, -0.2) is 4.39 Å². The molecule has 2 aliphatic rings. The number of nitrogens with one attached hydrogen (secondary N) is 1. The fraction of sp³-hybridized carbons (Fsp3) is 0.485. The van der Waals surface area contributed by atoms with Gasteiger partial charge in [0.25, 0.3) is 0 Å². The first-order valence-corrected chi connectivity index (χ1v) is 15.5. The molecule has 0 amide bonds. The molecule has 2 fully saturated rings. The molecule has 0 aliphatic carbocycles. The minimum atomic E-state index is -0.484. The highest BCUT2D eigenvalue weighted by atomic mass is 35.5. The summed E-state index contributed by atoms with van der Waals surface area (Å²) in [5.74, 6) is 0.786. The van der Waals surface area contributed by atoms with Gasteiger partial charge in [-0.15, -0.1) is 0 Å². The third-order valence-corrected chi connectivity index (χ3v) is 8.38. The minimum absolute atomic E-state index is 0.0295. The molecule has 3 unspecified atom stereocenters. The molecular formula is C33H41ClFN5O. The van der Waals surface area contributed by atoms with E-state index in [1.54, 1.807) is 6.20 Å². The highest BCUT2D eigenvalue weighted by molar-refractivity contribution is 6.36. The lowest BCUT2D eigenvalue weighted by Crippen LogP contribution is -2.51. The number of rotatable bonds is 8. The molecule has 6 nitrogen and oxygen atoms in total. The molecule has 1 N–H and O–H groups in total. The molecule has 218 valence electrons. The van der Waals surface area contributed by atoms with E-state index in [0.717, 1.165) is 56.0 Å².